The van der Waals surface area contributed by atoms with Crippen LogP contribution in [0.5, 0.6) is 0 Å². The first-order chi connectivity index (χ1) is 11.4. The Kier molecular flexibility index (Phi) is 6.82. The maximum atomic E-state index is 5.89. The Morgan fingerprint density at radius 2 is 2.04 bits per heavy atom. The molecule has 24 heavy (non-hydrogen) atoms. The first kappa shape index (κ1) is 19.4. The number of unbranched alkanes of at least 4 members (excludes halogenated alkanes) is 2. The molecular formula is C21H36N2O. The Hall–Kier alpha value is -0.930. The number of rotatable bonds is 9. The van der Waals surface area contributed by atoms with Crippen molar-refractivity contribution in [3.63, 3.8) is 0 Å². The minimum atomic E-state index is 0.0272. The Bertz CT molecular complexity index is 497. The van der Waals surface area contributed by atoms with Gasteiger partial charge in [-0.05, 0) is 58.7 Å². The molecular weight excluding hydrogens is 296 g/mol. The lowest BCUT2D eigenvalue weighted by atomic mass is 9.82. The predicted molar refractivity (Wildman–Crippen MR) is 101 cm³/mol. The lowest BCUT2D eigenvalue weighted by molar-refractivity contribution is 0.0369. The highest BCUT2D eigenvalue weighted by Gasteiger charge is 2.43. The zero-order valence-corrected chi connectivity index (χ0v) is 16.4. The van der Waals surface area contributed by atoms with E-state index < -0.39 is 0 Å². The standard InChI is InChI=1S/C21H36N2O/c1-6-8-9-12-21(17-24-7-2)13-14-23(16-21)20(4,5)19-11-10-18(3)22-15-19/h10-11,15H,6-9,12-14,16-17H2,1-5H3/t21-/m0/s1. The van der Waals surface area contributed by atoms with Gasteiger partial charge in [0.2, 0.25) is 0 Å². The fourth-order valence-corrected chi connectivity index (χ4v) is 3.89. The fourth-order valence-electron chi connectivity index (χ4n) is 3.89. The van der Waals surface area contributed by atoms with Crippen molar-refractivity contribution in [3.8, 4) is 0 Å². The van der Waals surface area contributed by atoms with Gasteiger partial charge in [-0.15, -0.1) is 0 Å². The summed E-state index contributed by atoms with van der Waals surface area (Å²) in [7, 11) is 0. The number of hydrogen-bond acceptors (Lipinski definition) is 3. The van der Waals surface area contributed by atoms with E-state index in [9.17, 15) is 0 Å². The van der Waals surface area contributed by atoms with Gasteiger partial charge in [-0.2, -0.15) is 0 Å². The van der Waals surface area contributed by atoms with Crippen LogP contribution in [0.3, 0.4) is 0 Å². The molecule has 1 aliphatic rings. The van der Waals surface area contributed by atoms with Gasteiger partial charge in [-0.1, -0.05) is 32.3 Å². The van der Waals surface area contributed by atoms with Crippen molar-refractivity contribution < 1.29 is 4.74 Å². The second-order valence-electron chi connectivity index (χ2n) is 8.01. The molecule has 1 aromatic heterocycles. The number of hydrogen-bond donors (Lipinski definition) is 0. The van der Waals surface area contributed by atoms with E-state index in [1.54, 1.807) is 0 Å². The molecule has 0 unspecified atom stereocenters. The normalized spacial score (nSPS) is 22.2. The van der Waals surface area contributed by atoms with Crippen LogP contribution in [0, 0.1) is 12.3 Å². The number of aryl methyl sites for hydroxylation is 1. The Labute approximate surface area is 148 Å². The molecule has 1 fully saturated rings. The van der Waals surface area contributed by atoms with Gasteiger partial charge in [0.1, 0.15) is 0 Å². The molecule has 2 heterocycles. The third-order valence-electron chi connectivity index (χ3n) is 5.77. The van der Waals surface area contributed by atoms with E-state index in [4.69, 9.17) is 4.74 Å². The van der Waals surface area contributed by atoms with Crippen molar-refractivity contribution >= 4 is 0 Å². The van der Waals surface area contributed by atoms with Crippen molar-refractivity contribution in [2.24, 2.45) is 5.41 Å². The highest BCUT2D eigenvalue weighted by molar-refractivity contribution is 5.22. The summed E-state index contributed by atoms with van der Waals surface area (Å²) < 4.78 is 5.89. The summed E-state index contributed by atoms with van der Waals surface area (Å²) in [5.74, 6) is 0. The summed E-state index contributed by atoms with van der Waals surface area (Å²) in [5.41, 5.74) is 2.76. The summed E-state index contributed by atoms with van der Waals surface area (Å²) in [5, 5.41) is 0. The molecule has 0 aliphatic carbocycles. The van der Waals surface area contributed by atoms with Crippen molar-refractivity contribution in [3.05, 3.63) is 29.6 Å². The predicted octanol–water partition coefficient (Wildman–Crippen LogP) is 4.93. The van der Waals surface area contributed by atoms with Gasteiger partial charge in [0, 0.05) is 36.0 Å². The van der Waals surface area contributed by atoms with Gasteiger partial charge in [-0.25, -0.2) is 0 Å². The summed E-state index contributed by atoms with van der Waals surface area (Å²) in [6.45, 7) is 15.1. The molecule has 0 N–H and O–H groups in total. The highest BCUT2D eigenvalue weighted by Crippen LogP contribution is 2.41. The van der Waals surface area contributed by atoms with Crippen LogP contribution in [-0.2, 0) is 10.3 Å². The van der Waals surface area contributed by atoms with Crippen molar-refractivity contribution in [2.75, 3.05) is 26.3 Å². The summed E-state index contributed by atoms with van der Waals surface area (Å²) in [6.07, 6.45) is 8.53. The zero-order chi connectivity index (χ0) is 17.6. The average Bonchev–Trinajstić information content (AvgIpc) is 2.99. The number of nitrogens with zero attached hydrogens (tertiary/aromatic N) is 2. The third-order valence-corrected chi connectivity index (χ3v) is 5.77. The highest BCUT2D eigenvalue weighted by atomic mass is 16.5. The van der Waals surface area contributed by atoms with E-state index in [2.05, 4.69) is 55.9 Å². The molecule has 3 heteroatoms. The van der Waals surface area contributed by atoms with Crippen molar-refractivity contribution in [1.82, 2.24) is 9.88 Å². The lowest BCUT2D eigenvalue weighted by Gasteiger charge is -2.38. The molecule has 0 radical (unpaired) electrons. The molecule has 0 amide bonds. The molecule has 2 rings (SSSR count). The van der Waals surface area contributed by atoms with E-state index in [1.165, 1.54) is 37.7 Å². The first-order valence-electron chi connectivity index (χ1n) is 9.69. The monoisotopic (exact) mass is 332 g/mol. The van der Waals surface area contributed by atoms with Gasteiger partial charge in [-0.3, -0.25) is 9.88 Å². The van der Waals surface area contributed by atoms with Gasteiger partial charge in [0.05, 0.1) is 6.61 Å². The summed E-state index contributed by atoms with van der Waals surface area (Å²) in [4.78, 5) is 7.16. The minimum Gasteiger partial charge on any atom is -0.381 e. The summed E-state index contributed by atoms with van der Waals surface area (Å²) >= 11 is 0. The molecule has 0 bridgehead atoms. The molecule has 0 aromatic carbocycles. The maximum absolute atomic E-state index is 5.89. The molecule has 1 aliphatic heterocycles. The van der Waals surface area contributed by atoms with Gasteiger partial charge < -0.3 is 4.74 Å². The lowest BCUT2D eigenvalue weighted by Crippen LogP contribution is -2.42. The number of ether oxygens (including phenoxy) is 1. The maximum Gasteiger partial charge on any atom is 0.0535 e. The van der Waals surface area contributed by atoms with Crippen LogP contribution < -0.4 is 0 Å². The molecule has 3 nitrogen and oxygen atoms in total. The number of pyridine rings is 1. The molecule has 136 valence electrons. The topological polar surface area (TPSA) is 25.4 Å². The third kappa shape index (κ3) is 4.58. The van der Waals surface area contributed by atoms with Crippen molar-refractivity contribution in [1.29, 1.82) is 0 Å². The quantitative estimate of drug-likeness (QED) is 0.599. The van der Waals surface area contributed by atoms with Crippen LogP contribution in [0.1, 0.15) is 71.1 Å². The van der Waals surface area contributed by atoms with Crippen LogP contribution in [0.15, 0.2) is 18.3 Å². The van der Waals surface area contributed by atoms with E-state index >= 15 is 0 Å². The molecule has 1 aromatic rings. The van der Waals surface area contributed by atoms with Crippen LogP contribution in [-0.4, -0.2) is 36.2 Å². The van der Waals surface area contributed by atoms with E-state index in [0.29, 0.717) is 5.41 Å². The van der Waals surface area contributed by atoms with E-state index in [-0.39, 0.29) is 5.54 Å². The second kappa shape index (κ2) is 8.44. The van der Waals surface area contributed by atoms with Crippen LogP contribution in [0.2, 0.25) is 0 Å². The van der Waals surface area contributed by atoms with Gasteiger partial charge in [0.25, 0.3) is 0 Å². The molecule has 1 saturated heterocycles. The van der Waals surface area contributed by atoms with Gasteiger partial charge in [0.15, 0.2) is 0 Å². The SMILES string of the molecule is CCCCC[C@]1(COCC)CCN(C(C)(C)c2ccc(C)nc2)C1. The van der Waals surface area contributed by atoms with Crippen LogP contribution in [0.25, 0.3) is 0 Å². The van der Waals surface area contributed by atoms with Crippen LogP contribution >= 0.6 is 0 Å². The summed E-state index contributed by atoms with van der Waals surface area (Å²) in [6, 6.07) is 4.36. The Morgan fingerprint density at radius 3 is 2.67 bits per heavy atom. The molecule has 0 spiro atoms. The van der Waals surface area contributed by atoms with E-state index in [0.717, 1.165) is 32.0 Å². The minimum absolute atomic E-state index is 0.0272. The molecule has 1 atom stereocenters. The smallest absolute Gasteiger partial charge is 0.0535 e. The largest absolute Gasteiger partial charge is 0.381 e. The van der Waals surface area contributed by atoms with E-state index in [1.807, 2.05) is 6.92 Å². The first-order valence-corrected chi connectivity index (χ1v) is 9.69. The molecule has 0 saturated carbocycles. The zero-order valence-electron chi connectivity index (χ0n) is 16.4. The van der Waals surface area contributed by atoms with Crippen molar-refractivity contribution in [2.45, 2.75) is 72.3 Å². The number of likely N-dealkylation sites (tertiary alicyclic amines) is 1. The number of aromatic nitrogens is 1. The second-order valence-corrected chi connectivity index (χ2v) is 8.01. The Morgan fingerprint density at radius 1 is 1.25 bits per heavy atom. The Balaban J connectivity index is 2.10. The van der Waals surface area contributed by atoms with Gasteiger partial charge >= 0.3 is 0 Å². The average molecular weight is 333 g/mol. The fraction of sp³-hybridized carbons (Fsp3) is 0.762. The van der Waals surface area contributed by atoms with Crippen LogP contribution in [0.4, 0.5) is 0 Å².